The van der Waals surface area contributed by atoms with Crippen molar-refractivity contribution in [2.75, 3.05) is 19.7 Å². The molecule has 0 spiro atoms. The van der Waals surface area contributed by atoms with E-state index in [1.165, 1.54) is 6.42 Å². The van der Waals surface area contributed by atoms with Crippen molar-refractivity contribution >= 4 is 18.3 Å². The second-order valence-electron chi connectivity index (χ2n) is 9.92. The van der Waals surface area contributed by atoms with Gasteiger partial charge in [0.15, 0.2) is 0 Å². The van der Waals surface area contributed by atoms with Crippen molar-refractivity contribution in [3.63, 3.8) is 0 Å². The lowest BCUT2D eigenvalue weighted by molar-refractivity contribution is -0.230. The maximum Gasteiger partial charge on any atom is 0.243 e. The molecule has 0 bridgehead atoms. The summed E-state index contributed by atoms with van der Waals surface area (Å²) in [7, 11) is 0. The number of carbonyl (C=O) groups excluding carboxylic acids is 1. The minimum Gasteiger partial charge on any atom is -0.377 e. The number of nitrogens with zero attached hydrogens (tertiary/aromatic N) is 1. The molecule has 2 heterocycles. The molecule has 0 radical (unpaired) electrons. The van der Waals surface area contributed by atoms with Crippen LogP contribution in [0, 0.1) is 22.7 Å². The largest absolute Gasteiger partial charge is 0.377 e. The van der Waals surface area contributed by atoms with E-state index in [9.17, 15) is 4.79 Å². The van der Waals surface area contributed by atoms with E-state index >= 15 is 0 Å². The van der Waals surface area contributed by atoms with E-state index in [-0.39, 0.29) is 35.8 Å². The number of hydrogen-bond donors (Lipinski definition) is 1. The zero-order valence-corrected chi connectivity index (χ0v) is 17.5. The predicted octanol–water partition coefficient (Wildman–Crippen LogP) is 3.62. The predicted molar refractivity (Wildman–Crippen MR) is 104 cm³/mol. The first-order chi connectivity index (χ1) is 11.1. The first kappa shape index (κ1) is 21.0. The molecular weight excluding hydrogens is 336 g/mol. The Morgan fingerprint density at radius 2 is 1.80 bits per heavy atom. The number of hydrogen-bond acceptors (Lipinski definition) is 3. The average molecular weight is 373 g/mol. The van der Waals surface area contributed by atoms with Crippen LogP contribution in [0.4, 0.5) is 0 Å². The summed E-state index contributed by atoms with van der Waals surface area (Å²) in [5, 5.41) is 0. The maximum atomic E-state index is 13.4. The first-order valence-corrected chi connectivity index (χ1v) is 9.80. The Morgan fingerprint density at radius 1 is 1.12 bits per heavy atom. The van der Waals surface area contributed by atoms with E-state index in [0.29, 0.717) is 11.3 Å². The van der Waals surface area contributed by atoms with E-state index in [4.69, 9.17) is 10.5 Å². The van der Waals surface area contributed by atoms with Crippen LogP contribution in [0.1, 0.15) is 66.7 Å². The normalized spacial score (nSPS) is 38.0. The van der Waals surface area contributed by atoms with E-state index in [0.717, 1.165) is 45.4 Å². The molecule has 0 aromatic rings. The van der Waals surface area contributed by atoms with Crippen molar-refractivity contribution in [3.8, 4) is 0 Å². The molecule has 3 fully saturated rings. The van der Waals surface area contributed by atoms with Gasteiger partial charge in [0.1, 0.15) is 5.54 Å². The lowest BCUT2D eigenvalue weighted by Crippen LogP contribution is -2.82. The van der Waals surface area contributed by atoms with Crippen LogP contribution in [-0.2, 0) is 9.53 Å². The number of nitrogens with two attached hydrogens (primary N) is 1. The van der Waals surface area contributed by atoms with Crippen LogP contribution >= 0.6 is 12.4 Å². The van der Waals surface area contributed by atoms with Gasteiger partial charge in [-0.05, 0) is 43.4 Å². The lowest BCUT2D eigenvalue weighted by Gasteiger charge is -2.65. The van der Waals surface area contributed by atoms with E-state index in [1.54, 1.807) is 0 Å². The van der Waals surface area contributed by atoms with Crippen LogP contribution in [-0.4, -0.2) is 42.1 Å². The summed E-state index contributed by atoms with van der Waals surface area (Å²) in [5.74, 6) is 1.05. The monoisotopic (exact) mass is 372 g/mol. The maximum absolute atomic E-state index is 13.4. The minimum atomic E-state index is -0.750. The summed E-state index contributed by atoms with van der Waals surface area (Å²) in [4.78, 5) is 15.5. The van der Waals surface area contributed by atoms with Crippen molar-refractivity contribution < 1.29 is 9.53 Å². The molecule has 2 N–H and O–H groups in total. The summed E-state index contributed by atoms with van der Waals surface area (Å²) in [6.07, 6.45) is 5.59. The zero-order chi connectivity index (χ0) is 17.8. The Labute approximate surface area is 159 Å². The van der Waals surface area contributed by atoms with Gasteiger partial charge in [0.05, 0.1) is 6.10 Å². The molecule has 3 aliphatic rings. The Hall–Kier alpha value is -0.320. The van der Waals surface area contributed by atoms with Crippen molar-refractivity contribution in [2.45, 2.75) is 78.4 Å². The fourth-order valence-corrected chi connectivity index (χ4v) is 5.44. The summed E-state index contributed by atoms with van der Waals surface area (Å²) in [6, 6.07) is 0. The fraction of sp³-hybridized carbons (Fsp3) is 0.950. The van der Waals surface area contributed by atoms with Gasteiger partial charge in [-0.15, -0.1) is 12.4 Å². The van der Waals surface area contributed by atoms with Crippen LogP contribution in [0.15, 0.2) is 0 Å². The number of rotatable bonds is 1. The molecule has 5 heteroatoms. The van der Waals surface area contributed by atoms with Crippen LogP contribution < -0.4 is 5.73 Å². The van der Waals surface area contributed by atoms with Gasteiger partial charge in [0, 0.05) is 31.0 Å². The third-order valence-corrected chi connectivity index (χ3v) is 7.28. The second-order valence-corrected chi connectivity index (χ2v) is 9.92. The third-order valence-electron chi connectivity index (χ3n) is 7.28. The number of halogens is 1. The van der Waals surface area contributed by atoms with Crippen molar-refractivity contribution in [1.29, 1.82) is 0 Å². The molecule has 1 amide bonds. The Morgan fingerprint density at radius 3 is 2.44 bits per heavy atom. The molecule has 0 aromatic carbocycles. The van der Waals surface area contributed by atoms with Gasteiger partial charge in [-0.25, -0.2) is 0 Å². The quantitative estimate of drug-likeness (QED) is 0.764. The summed E-state index contributed by atoms with van der Waals surface area (Å²) >= 11 is 0. The Kier molecular flexibility index (Phi) is 5.89. The van der Waals surface area contributed by atoms with Crippen LogP contribution in [0.2, 0.25) is 0 Å². The molecule has 0 aromatic heterocycles. The standard InChI is InChI=1S/C20H36N2O2.ClH/c1-18(2,3)14-8-6-11-22(12-10-14)17(23)20(21)15-9-7-13-24-16(15)19(20,4)5;/h14-16H,6-13,21H2,1-5H3;1H. The number of ether oxygens (including phenoxy) is 1. The minimum absolute atomic E-state index is 0. The Bertz CT molecular complexity index is 502. The summed E-state index contributed by atoms with van der Waals surface area (Å²) in [6.45, 7) is 13.7. The second kappa shape index (κ2) is 7.01. The van der Waals surface area contributed by atoms with Gasteiger partial charge < -0.3 is 15.4 Å². The molecule has 2 saturated heterocycles. The highest BCUT2D eigenvalue weighted by molar-refractivity contribution is 5.89. The van der Waals surface area contributed by atoms with Gasteiger partial charge in [-0.1, -0.05) is 34.6 Å². The van der Waals surface area contributed by atoms with Gasteiger partial charge in [-0.2, -0.15) is 0 Å². The van der Waals surface area contributed by atoms with Crippen LogP contribution in [0.25, 0.3) is 0 Å². The fourth-order valence-electron chi connectivity index (χ4n) is 5.44. The van der Waals surface area contributed by atoms with E-state index in [1.807, 2.05) is 0 Å². The summed E-state index contributed by atoms with van der Waals surface area (Å²) < 4.78 is 5.96. The average Bonchev–Trinajstić information content (AvgIpc) is 2.79. The van der Waals surface area contributed by atoms with Crippen molar-refractivity contribution in [3.05, 3.63) is 0 Å². The molecule has 2 aliphatic heterocycles. The number of likely N-dealkylation sites (tertiary alicyclic amines) is 1. The molecule has 4 unspecified atom stereocenters. The Balaban J connectivity index is 0.00000225. The molecule has 146 valence electrons. The molecule has 4 atom stereocenters. The molecule has 4 nitrogen and oxygen atoms in total. The third kappa shape index (κ3) is 3.23. The smallest absolute Gasteiger partial charge is 0.243 e. The number of amides is 1. The topological polar surface area (TPSA) is 55.6 Å². The van der Waals surface area contributed by atoms with Gasteiger partial charge >= 0.3 is 0 Å². The van der Waals surface area contributed by atoms with E-state index in [2.05, 4.69) is 39.5 Å². The van der Waals surface area contributed by atoms with Gasteiger partial charge in [0.25, 0.3) is 0 Å². The zero-order valence-electron chi connectivity index (χ0n) is 16.6. The molecule has 3 rings (SSSR count). The number of fused-ring (bicyclic) bond motifs is 1. The molecule has 1 aliphatic carbocycles. The molecule has 1 saturated carbocycles. The highest BCUT2D eigenvalue weighted by Gasteiger charge is 2.70. The molecule has 25 heavy (non-hydrogen) atoms. The first-order valence-electron chi connectivity index (χ1n) is 9.80. The van der Waals surface area contributed by atoms with Gasteiger partial charge in [0.2, 0.25) is 5.91 Å². The van der Waals surface area contributed by atoms with Crippen molar-refractivity contribution in [1.82, 2.24) is 4.90 Å². The van der Waals surface area contributed by atoms with E-state index < -0.39 is 5.54 Å². The highest BCUT2D eigenvalue weighted by Crippen LogP contribution is 2.58. The van der Waals surface area contributed by atoms with Crippen molar-refractivity contribution in [2.24, 2.45) is 28.4 Å². The summed E-state index contributed by atoms with van der Waals surface area (Å²) in [5.41, 5.74) is 6.10. The van der Waals surface area contributed by atoms with Crippen LogP contribution in [0.5, 0.6) is 0 Å². The highest BCUT2D eigenvalue weighted by atomic mass is 35.5. The lowest BCUT2D eigenvalue weighted by atomic mass is 9.46. The molecular formula is C20H37ClN2O2. The van der Waals surface area contributed by atoms with Gasteiger partial charge in [-0.3, -0.25) is 4.79 Å². The SMILES string of the molecule is CC(C)(C)C1CCCN(C(=O)C2(N)C3CCCOC3C2(C)C)CC1.Cl. The van der Waals surface area contributed by atoms with Crippen LogP contribution in [0.3, 0.4) is 0 Å². The number of carbonyl (C=O) groups is 1.